The highest BCUT2D eigenvalue weighted by Gasteiger charge is 2.25. The zero-order valence-electron chi connectivity index (χ0n) is 18.9. The van der Waals surface area contributed by atoms with E-state index >= 15 is 0 Å². The number of methoxy groups -OCH3 is 2. The van der Waals surface area contributed by atoms with Crippen molar-refractivity contribution in [2.45, 2.75) is 45.3 Å². The standard InChI is InChI=1S/C22H31N7O2/c1-15-25-17-13-24-20(12-18(17)29(15)22(2,3)14-30-4)26-19-6-9-23-21(27-19)28-10-7-16(31-5)8-11-28/h6,9,12-13,16H,7-8,10-11,14H2,1-5H3,(H,23,24,26,27). The van der Waals surface area contributed by atoms with E-state index in [-0.39, 0.29) is 5.54 Å². The summed E-state index contributed by atoms with van der Waals surface area (Å²) in [4.78, 5) is 20.6. The fraction of sp³-hybridized carbons (Fsp3) is 0.545. The van der Waals surface area contributed by atoms with Crippen molar-refractivity contribution in [3.8, 4) is 0 Å². The van der Waals surface area contributed by atoms with Crippen LogP contribution in [0.15, 0.2) is 24.5 Å². The largest absolute Gasteiger partial charge is 0.382 e. The van der Waals surface area contributed by atoms with E-state index in [2.05, 4.69) is 43.6 Å². The van der Waals surface area contributed by atoms with Crippen LogP contribution in [0.3, 0.4) is 0 Å². The van der Waals surface area contributed by atoms with E-state index in [1.807, 2.05) is 19.1 Å². The van der Waals surface area contributed by atoms with Crippen LogP contribution in [0.5, 0.6) is 0 Å². The zero-order valence-corrected chi connectivity index (χ0v) is 18.9. The molecule has 0 saturated carbocycles. The first-order chi connectivity index (χ1) is 14.9. The number of aromatic nitrogens is 5. The molecule has 166 valence electrons. The van der Waals surface area contributed by atoms with Crippen molar-refractivity contribution in [3.05, 3.63) is 30.4 Å². The molecular formula is C22H31N7O2. The van der Waals surface area contributed by atoms with E-state index in [4.69, 9.17) is 14.5 Å². The summed E-state index contributed by atoms with van der Waals surface area (Å²) < 4.78 is 13.1. The Balaban J connectivity index is 1.58. The van der Waals surface area contributed by atoms with E-state index in [0.29, 0.717) is 24.3 Å². The molecule has 0 radical (unpaired) electrons. The van der Waals surface area contributed by atoms with Gasteiger partial charge in [-0.25, -0.2) is 15.0 Å². The first-order valence-electron chi connectivity index (χ1n) is 10.6. The lowest BCUT2D eigenvalue weighted by Gasteiger charge is -2.31. The number of hydrogen-bond acceptors (Lipinski definition) is 8. The van der Waals surface area contributed by atoms with Gasteiger partial charge in [0.2, 0.25) is 5.95 Å². The number of imidazole rings is 1. The molecule has 0 amide bonds. The molecule has 1 aliphatic heterocycles. The van der Waals surface area contributed by atoms with Gasteiger partial charge in [-0.2, -0.15) is 4.98 Å². The number of hydrogen-bond donors (Lipinski definition) is 1. The smallest absolute Gasteiger partial charge is 0.227 e. The Labute approximate surface area is 182 Å². The molecule has 0 unspecified atom stereocenters. The summed E-state index contributed by atoms with van der Waals surface area (Å²) in [5.74, 6) is 3.08. The highest BCUT2D eigenvalue weighted by Crippen LogP contribution is 2.27. The van der Waals surface area contributed by atoms with Gasteiger partial charge in [-0.1, -0.05) is 0 Å². The number of rotatable bonds is 7. The summed E-state index contributed by atoms with van der Waals surface area (Å²) in [5, 5.41) is 3.33. The van der Waals surface area contributed by atoms with Crippen molar-refractivity contribution in [1.29, 1.82) is 0 Å². The zero-order chi connectivity index (χ0) is 22.0. The van der Waals surface area contributed by atoms with Crippen molar-refractivity contribution >= 4 is 28.6 Å². The van der Waals surface area contributed by atoms with E-state index in [1.54, 1.807) is 26.6 Å². The topological polar surface area (TPSA) is 90.2 Å². The highest BCUT2D eigenvalue weighted by atomic mass is 16.5. The van der Waals surface area contributed by atoms with Gasteiger partial charge in [-0.15, -0.1) is 0 Å². The Kier molecular flexibility index (Phi) is 6.06. The molecule has 1 fully saturated rings. The third-order valence-electron chi connectivity index (χ3n) is 5.77. The molecular weight excluding hydrogens is 394 g/mol. The maximum atomic E-state index is 5.46. The SMILES string of the molecule is COCC(C)(C)n1c(C)nc2cnc(Nc3ccnc(N4CCC(OC)CC4)n3)cc21. The predicted octanol–water partition coefficient (Wildman–Crippen LogP) is 3.27. The van der Waals surface area contributed by atoms with E-state index < -0.39 is 0 Å². The van der Waals surface area contributed by atoms with Crippen LogP contribution in [-0.2, 0) is 15.0 Å². The molecule has 3 aromatic heterocycles. The minimum atomic E-state index is -0.234. The van der Waals surface area contributed by atoms with Crippen LogP contribution in [0.2, 0.25) is 0 Å². The Morgan fingerprint density at radius 3 is 2.61 bits per heavy atom. The van der Waals surface area contributed by atoms with Crippen LogP contribution < -0.4 is 10.2 Å². The second kappa shape index (κ2) is 8.76. The molecule has 3 aromatic rings. The monoisotopic (exact) mass is 425 g/mol. The maximum Gasteiger partial charge on any atom is 0.227 e. The lowest BCUT2D eigenvalue weighted by atomic mass is 10.1. The fourth-order valence-corrected chi connectivity index (χ4v) is 4.34. The third-order valence-corrected chi connectivity index (χ3v) is 5.77. The Morgan fingerprint density at radius 2 is 1.90 bits per heavy atom. The quantitative estimate of drug-likeness (QED) is 0.617. The van der Waals surface area contributed by atoms with Gasteiger partial charge < -0.3 is 24.3 Å². The summed E-state index contributed by atoms with van der Waals surface area (Å²) in [5.41, 5.74) is 1.63. The fourth-order valence-electron chi connectivity index (χ4n) is 4.34. The van der Waals surface area contributed by atoms with Gasteiger partial charge in [-0.3, -0.25) is 0 Å². The molecule has 0 aliphatic carbocycles. The molecule has 4 heterocycles. The molecule has 31 heavy (non-hydrogen) atoms. The van der Waals surface area contributed by atoms with Crippen molar-refractivity contribution in [3.63, 3.8) is 0 Å². The van der Waals surface area contributed by atoms with Gasteiger partial charge in [0.25, 0.3) is 0 Å². The minimum absolute atomic E-state index is 0.234. The summed E-state index contributed by atoms with van der Waals surface area (Å²) in [6.07, 6.45) is 5.86. The van der Waals surface area contributed by atoms with Gasteiger partial charge in [-0.05, 0) is 39.7 Å². The van der Waals surface area contributed by atoms with Gasteiger partial charge in [0.05, 0.1) is 30.0 Å². The number of pyridine rings is 1. The maximum absolute atomic E-state index is 5.46. The number of anilines is 3. The first-order valence-corrected chi connectivity index (χ1v) is 10.6. The number of aryl methyl sites for hydroxylation is 1. The van der Waals surface area contributed by atoms with Crippen molar-refractivity contribution in [1.82, 2.24) is 24.5 Å². The lowest BCUT2D eigenvalue weighted by Crippen LogP contribution is -2.37. The number of nitrogens with one attached hydrogen (secondary N) is 1. The second-order valence-electron chi connectivity index (χ2n) is 8.59. The molecule has 1 aliphatic rings. The molecule has 0 aromatic carbocycles. The van der Waals surface area contributed by atoms with Gasteiger partial charge in [0.15, 0.2) is 0 Å². The summed E-state index contributed by atoms with van der Waals surface area (Å²) in [6, 6.07) is 3.87. The predicted molar refractivity (Wildman–Crippen MR) is 121 cm³/mol. The lowest BCUT2D eigenvalue weighted by molar-refractivity contribution is 0.0816. The number of fused-ring (bicyclic) bond motifs is 1. The van der Waals surface area contributed by atoms with Crippen molar-refractivity contribution in [2.24, 2.45) is 0 Å². The van der Waals surface area contributed by atoms with Crippen LogP contribution in [0, 0.1) is 6.92 Å². The van der Waals surface area contributed by atoms with Crippen LogP contribution in [-0.4, -0.2) is 64.5 Å². The van der Waals surface area contributed by atoms with E-state index in [1.165, 1.54) is 0 Å². The van der Waals surface area contributed by atoms with Crippen molar-refractivity contribution < 1.29 is 9.47 Å². The average Bonchev–Trinajstić information content (AvgIpc) is 3.10. The normalized spacial score (nSPS) is 15.6. The van der Waals surface area contributed by atoms with Crippen LogP contribution >= 0.6 is 0 Å². The minimum Gasteiger partial charge on any atom is -0.382 e. The Bertz CT molecular complexity index is 1040. The second-order valence-corrected chi connectivity index (χ2v) is 8.59. The molecule has 1 N–H and O–H groups in total. The molecule has 0 bridgehead atoms. The number of ether oxygens (including phenoxy) is 2. The molecule has 4 rings (SSSR count). The highest BCUT2D eigenvalue weighted by molar-refractivity contribution is 5.79. The molecule has 9 nitrogen and oxygen atoms in total. The van der Waals surface area contributed by atoms with Crippen LogP contribution in [0.25, 0.3) is 11.0 Å². The number of nitrogens with zero attached hydrogens (tertiary/aromatic N) is 6. The summed E-state index contributed by atoms with van der Waals surface area (Å²) in [6.45, 7) is 8.65. The number of piperidine rings is 1. The molecule has 0 spiro atoms. The molecule has 1 saturated heterocycles. The van der Waals surface area contributed by atoms with Gasteiger partial charge in [0, 0.05) is 39.6 Å². The van der Waals surface area contributed by atoms with Crippen LogP contribution in [0.4, 0.5) is 17.6 Å². The van der Waals surface area contributed by atoms with E-state index in [9.17, 15) is 0 Å². The van der Waals surface area contributed by atoms with Gasteiger partial charge >= 0.3 is 0 Å². The first kappa shape index (κ1) is 21.5. The van der Waals surface area contributed by atoms with E-state index in [0.717, 1.165) is 48.7 Å². The third kappa shape index (κ3) is 4.47. The van der Waals surface area contributed by atoms with Gasteiger partial charge in [0.1, 0.15) is 23.0 Å². The molecule has 9 heteroatoms. The van der Waals surface area contributed by atoms with Crippen LogP contribution in [0.1, 0.15) is 32.5 Å². The Hall–Kier alpha value is -2.78. The molecule has 0 atom stereocenters. The summed E-state index contributed by atoms with van der Waals surface area (Å²) in [7, 11) is 3.49. The summed E-state index contributed by atoms with van der Waals surface area (Å²) >= 11 is 0. The average molecular weight is 426 g/mol. The van der Waals surface area contributed by atoms with Crippen molar-refractivity contribution in [2.75, 3.05) is 44.1 Å². The Morgan fingerprint density at radius 1 is 1.13 bits per heavy atom.